The van der Waals surface area contributed by atoms with E-state index in [4.69, 9.17) is 10.5 Å². The van der Waals surface area contributed by atoms with E-state index in [0.717, 1.165) is 0 Å². The molecule has 1 heterocycles. The molecule has 0 saturated carbocycles. The van der Waals surface area contributed by atoms with Gasteiger partial charge in [0.15, 0.2) is 0 Å². The number of amides is 1. The SMILES string of the molecule is COCCn1cc(C(N)=O)cn1. The van der Waals surface area contributed by atoms with Gasteiger partial charge in [-0.1, -0.05) is 0 Å². The topological polar surface area (TPSA) is 70.1 Å². The predicted octanol–water partition coefficient (Wildman–Crippen LogP) is -0.372. The fourth-order valence-electron chi connectivity index (χ4n) is 0.798. The van der Waals surface area contributed by atoms with Crippen LogP contribution in [0, 0.1) is 0 Å². The minimum atomic E-state index is -0.460. The summed E-state index contributed by atoms with van der Waals surface area (Å²) in [5, 5.41) is 3.91. The van der Waals surface area contributed by atoms with Crippen molar-refractivity contribution in [2.24, 2.45) is 5.73 Å². The van der Waals surface area contributed by atoms with Crippen LogP contribution in [-0.4, -0.2) is 29.4 Å². The molecule has 1 aromatic heterocycles. The summed E-state index contributed by atoms with van der Waals surface area (Å²) < 4.78 is 6.45. The fraction of sp³-hybridized carbons (Fsp3) is 0.429. The summed E-state index contributed by atoms with van der Waals surface area (Å²) >= 11 is 0. The first-order chi connectivity index (χ1) is 5.74. The maximum atomic E-state index is 10.6. The van der Waals surface area contributed by atoms with Gasteiger partial charge < -0.3 is 10.5 Å². The minimum absolute atomic E-state index is 0.422. The van der Waals surface area contributed by atoms with E-state index in [1.54, 1.807) is 18.0 Å². The van der Waals surface area contributed by atoms with Crippen LogP contribution in [0.2, 0.25) is 0 Å². The van der Waals surface area contributed by atoms with Crippen LogP contribution in [0.5, 0.6) is 0 Å². The second-order valence-electron chi connectivity index (χ2n) is 2.35. The highest BCUT2D eigenvalue weighted by Gasteiger charge is 2.02. The quantitative estimate of drug-likeness (QED) is 0.668. The average molecular weight is 169 g/mol. The zero-order chi connectivity index (χ0) is 8.97. The van der Waals surface area contributed by atoms with Gasteiger partial charge >= 0.3 is 0 Å². The Morgan fingerprint density at radius 2 is 2.58 bits per heavy atom. The Labute approximate surface area is 70.1 Å². The highest BCUT2D eigenvalue weighted by atomic mass is 16.5. The smallest absolute Gasteiger partial charge is 0.251 e. The second kappa shape index (κ2) is 3.87. The van der Waals surface area contributed by atoms with Crippen LogP contribution in [0.4, 0.5) is 0 Å². The number of nitrogens with zero attached hydrogens (tertiary/aromatic N) is 2. The molecule has 0 aliphatic rings. The number of methoxy groups -OCH3 is 1. The van der Waals surface area contributed by atoms with Gasteiger partial charge in [-0.3, -0.25) is 9.48 Å². The van der Waals surface area contributed by atoms with Crippen LogP contribution in [-0.2, 0) is 11.3 Å². The van der Waals surface area contributed by atoms with E-state index in [1.165, 1.54) is 6.20 Å². The number of hydrogen-bond acceptors (Lipinski definition) is 3. The lowest BCUT2D eigenvalue weighted by Gasteiger charge is -1.97. The summed E-state index contributed by atoms with van der Waals surface area (Å²) in [6.07, 6.45) is 3.04. The molecule has 2 N–H and O–H groups in total. The molecule has 0 unspecified atom stereocenters. The van der Waals surface area contributed by atoms with Crippen molar-refractivity contribution < 1.29 is 9.53 Å². The lowest BCUT2D eigenvalue weighted by Crippen LogP contribution is -2.10. The van der Waals surface area contributed by atoms with Gasteiger partial charge in [-0.05, 0) is 0 Å². The van der Waals surface area contributed by atoms with Gasteiger partial charge in [-0.25, -0.2) is 0 Å². The highest BCUT2D eigenvalue weighted by Crippen LogP contribution is 1.95. The van der Waals surface area contributed by atoms with Crippen LogP contribution in [0.1, 0.15) is 10.4 Å². The Kier molecular flexibility index (Phi) is 2.82. The van der Waals surface area contributed by atoms with E-state index in [0.29, 0.717) is 18.7 Å². The van der Waals surface area contributed by atoms with Gasteiger partial charge in [0.1, 0.15) is 0 Å². The first kappa shape index (κ1) is 8.73. The molecule has 1 amide bonds. The van der Waals surface area contributed by atoms with E-state index in [2.05, 4.69) is 5.10 Å². The molecule has 0 aliphatic heterocycles. The van der Waals surface area contributed by atoms with Crippen LogP contribution >= 0.6 is 0 Å². The van der Waals surface area contributed by atoms with E-state index < -0.39 is 5.91 Å². The molecule has 1 aromatic rings. The van der Waals surface area contributed by atoms with Gasteiger partial charge in [0.05, 0.1) is 24.9 Å². The summed E-state index contributed by atoms with van der Waals surface area (Å²) in [4.78, 5) is 10.6. The number of nitrogens with two attached hydrogens (primary N) is 1. The van der Waals surface area contributed by atoms with Gasteiger partial charge in [0.2, 0.25) is 0 Å². The summed E-state index contributed by atoms with van der Waals surface area (Å²) in [5.41, 5.74) is 5.45. The van der Waals surface area contributed by atoms with Gasteiger partial charge in [-0.15, -0.1) is 0 Å². The third-order valence-corrected chi connectivity index (χ3v) is 1.44. The fourth-order valence-corrected chi connectivity index (χ4v) is 0.798. The van der Waals surface area contributed by atoms with Crippen LogP contribution in [0.25, 0.3) is 0 Å². The summed E-state index contributed by atoms with van der Waals surface area (Å²) in [6, 6.07) is 0. The van der Waals surface area contributed by atoms with Crippen molar-refractivity contribution in [3.63, 3.8) is 0 Å². The zero-order valence-corrected chi connectivity index (χ0v) is 6.86. The molecule has 0 aliphatic carbocycles. The van der Waals surface area contributed by atoms with Crippen molar-refractivity contribution in [3.8, 4) is 0 Å². The lowest BCUT2D eigenvalue weighted by atomic mass is 10.3. The Hall–Kier alpha value is -1.36. The summed E-state index contributed by atoms with van der Waals surface area (Å²) in [7, 11) is 1.61. The van der Waals surface area contributed by atoms with Crippen molar-refractivity contribution in [1.29, 1.82) is 0 Å². The van der Waals surface area contributed by atoms with E-state index in [9.17, 15) is 4.79 Å². The van der Waals surface area contributed by atoms with Crippen molar-refractivity contribution in [3.05, 3.63) is 18.0 Å². The lowest BCUT2D eigenvalue weighted by molar-refractivity contribution is 0.1000. The first-order valence-electron chi connectivity index (χ1n) is 3.55. The van der Waals surface area contributed by atoms with Crippen molar-refractivity contribution >= 4 is 5.91 Å². The standard InChI is InChI=1S/C7H11N3O2/c1-12-3-2-10-5-6(4-9-10)7(8)11/h4-5H,2-3H2,1H3,(H2,8,11). The van der Waals surface area contributed by atoms with Crippen molar-refractivity contribution in [2.45, 2.75) is 6.54 Å². The molecular formula is C7H11N3O2. The Bertz CT molecular complexity index is 269. The normalized spacial score (nSPS) is 10.1. The molecule has 0 atom stereocenters. The van der Waals surface area contributed by atoms with Crippen LogP contribution < -0.4 is 5.73 Å². The maximum Gasteiger partial charge on any atom is 0.251 e. The molecular weight excluding hydrogens is 158 g/mol. The van der Waals surface area contributed by atoms with Crippen LogP contribution in [0.15, 0.2) is 12.4 Å². The number of primary amides is 1. The molecule has 0 bridgehead atoms. The molecule has 0 radical (unpaired) electrons. The van der Waals surface area contributed by atoms with Crippen molar-refractivity contribution in [1.82, 2.24) is 9.78 Å². The van der Waals surface area contributed by atoms with E-state index >= 15 is 0 Å². The van der Waals surface area contributed by atoms with Gasteiger partial charge in [0.25, 0.3) is 5.91 Å². The van der Waals surface area contributed by atoms with E-state index in [1.807, 2.05) is 0 Å². The highest BCUT2D eigenvalue weighted by molar-refractivity contribution is 5.92. The average Bonchev–Trinajstić information content (AvgIpc) is 2.48. The molecule has 5 heteroatoms. The number of ether oxygens (including phenoxy) is 1. The largest absolute Gasteiger partial charge is 0.383 e. The summed E-state index contributed by atoms with van der Waals surface area (Å²) in [6.45, 7) is 1.20. The third kappa shape index (κ3) is 2.06. The number of aromatic nitrogens is 2. The minimum Gasteiger partial charge on any atom is -0.383 e. The number of rotatable bonds is 4. The summed E-state index contributed by atoms with van der Waals surface area (Å²) in [5.74, 6) is -0.460. The number of carbonyl (C=O) groups is 1. The predicted molar refractivity (Wildman–Crippen MR) is 42.6 cm³/mol. The number of hydrogen-bond donors (Lipinski definition) is 1. The Morgan fingerprint density at radius 3 is 3.08 bits per heavy atom. The first-order valence-corrected chi connectivity index (χ1v) is 3.55. The van der Waals surface area contributed by atoms with Gasteiger partial charge in [-0.2, -0.15) is 5.10 Å². The molecule has 0 fully saturated rings. The van der Waals surface area contributed by atoms with Gasteiger partial charge in [0, 0.05) is 13.3 Å². The molecule has 0 spiro atoms. The maximum absolute atomic E-state index is 10.6. The monoisotopic (exact) mass is 169 g/mol. The molecule has 1 rings (SSSR count). The zero-order valence-electron chi connectivity index (χ0n) is 6.86. The molecule has 0 aromatic carbocycles. The Morgan fingerprint density at radius 1 is 1.83 bits per heavy atom. The van der Waals surface area contributed by atoms with Crippen LogP contribution in [0.3, 0.4) is 0 Å². The molecule has 0 saturated heterocycles. The Balaban J connectivity index is 2.58. The second-order valence-corrected chi connectivity index (χ2v) is 2.35. The third-order valence-electron chi connectivity index (χ3n) is 1.44. The number of carbonyl (C=O) groups excluding carboxylic acids is 1. The molecule has 5 nitrogen and oxygen atoms in total. The van der Waals surface area contributed by atoms with Crippen molar-refractivity contribution in [2.75, 3.05) is 13.7 Å². The van der Waals surface area contributed by atoms with E-state index in [-0.39, 0.29) is 0 Å². The molecule has 66 valence electrons. The molecule has 12 heavy (non-hydrogen) atoms.